The molecule has 0 spiro atoms. The van der Waals surface area contributed by atoms with E-state index in [2.05, 4.69) is 4.98 Å². The summed E-state index contributed by atoms with van der Waals surface area (Å²) in [6, 6.07) is 1.05. The molecule has 112 valence electrons. The summed E-state index contributed by atoms with van der Waals surface area (Å²) in [7, 11) is 0. The maximum atomic E-state index is 12.7. The van der Waals surface area contributed by atoms with Crippen LogP contribution >= 0.6 is 23.1 Å². The van der Waals surface area contributed by atoms with Crippen LogP contribution in [0.4, 0.5) is 18.9 Å². The van der Waals surface area contributed by atoms with Crippen molar-refractivity contribution in [1.82, 2.24) is 4.98 Å². The number of nitrogens with zero attached hydrogens (tertiary/aromatic N) is 2. The number of hydrogen-bond donors (Lipinski definition) is 0. The smallest absolute Gasteiger partial charge is 0.267 e. The monoisotopic (exact) mass is 336 g/mol. The van der Waals surface area contributed by atoms with Crippen LogP contribution in [0.5, 0.6) is 0 Å². The number of halogens is 3. The number of nitro benzene ring substituents is 1. The Kier molecular flexibility index (Phi) is 4.19. The van der Waals surface area contributed by atoms with Crippen molar-refractivity contribution < 1.29 is 18.1 Å². The second-order valence-corrected chi connectivity index (χ2v) is 6.36. The number of benzene rings is 1. The zero-order chi connectivity index (χ0) is 15.8. The van der Waals surface area contributed by atoms with Gasteiger partial charge in [0.1, 0.15) is 4.70 Å². The summed E-state index contributed by atoms with van der Waals surface area (Å²) in [6.45, 7) is 1.80. The molecule has 1 aromatic carbocycles. The molecule has 5 nitrogen and oxygen atoms in total. The minimum absolute atomic E-state index is 0.0936. The Morgan fingerprint density at radius 1 is 1.43 bits per heavy atom. The number of non-ortho nitro benzene ring substituents is 1. The number of thioether (sulfide) groups is 1. The third-order valence-electron chi connectivity index (χ3n) is 2.47. The highest BCUT2D eigenvalue weighted by Gasteiger charge is 2.34. The topological polar surface area (TPSA) is 73.1 Å². The molecule has 0 atom stereocenters. The molecule has 0 amide bonds. The van der Waals surface area contributed by atoms with Gasteiger partial charge in [-0.3, -0.25) is 14.9 Å². The zero-order valence-electron chi connectivity index (χ0n) is 10.4. The van der Waals surface area contributed by atoms with E-state index in [4.69, 9.17) is 0 Å². The summed E-state index contributed by atoms with van der Waals surface area (Å²) in [6.07, 6.45) is -4.77. The number of nitro groups is 1. The molecule has 0 bridgehead atoms. The largest absolute Gasteiger partial charge is 0.416 e. The summed E-state index contributed by atoms with van der Waals surface area (Å²) in [4.78, 5) is 25.5. The van der Waals surface area contributed by atoms with Gasteiger partial charge in [0, 0.05) is 6.07 Å². The lowest BCUT2D eigenvalue weighted by Gasteiger charge is -2.08. The average Bonchev–Trinajstić information content (AvgIpc) is 2.36. The van der Waals surface area contributed by atoms with Crippen molar-refractivity contribution in [3.63, 3.8) is 0 Å². The first kappa shape index (κ1) is 15.7. The number of alkyl halides is 3. The number of fused-ring (bicyclic) bond motifs is 1. The van der Waals surface area contributed by atoms with E-state index in [9.17, 15) is 28.1 Å². The van der Waals surface area contributed by atoms with Gasteiger partial charge >= 0.3 is 6.18 Å². The van der Waals surface area contributed by atoms with E-state index in [1.807, 2.05) is 0 Å². The molecule has 0 N–H and O–H groups in total. The van der Waals surface area contributed by atoms with Crippen LogP contribution in [0.25, 0.3) is 10.1 Å². The Hall–Kier alpha value is -1.68. The van der Waals surface area contributed by atoms with Gasteiger partial charge in [0.25, 0.3) is 11.2 Å². The molecule has 0 radical (unpaired) electrons. The Labute approximate surface area is 124 Å². The molecule has 1 heterocycles. The van der Waals surface area contributed by atoms with Crippen LogP contribution in [-0.2, 0) is 6.18 Å². The predicted molar refractivity (Wildman–Crippen MR) is 73.9 cm³/mol. The number of rotatable bonds is 3. The van der Waals surface area contributed by atoms with Crippen molar-refractivity contribution in [2.75, 3.05) is 5.75 Å². The Bertz CT molecular complexity index is 774. The minimum Gasteiger partial charge on any atom is -0.267 e. The van der Waals surface area contributed by atoms with Crippen LogP contribution in [0, 0.1) is 10.1 Å². The van der Waals surface area contributed by atoms with Gasteiger partial charge in [-0.2, -0.15) is 18.2 Å². The molecule has 0 saturated heterocycles. The highest BCUT2D eigenvalue weighted by molar-refractivity contribution is 8.01. The van der Waals surface area contributed by atoms with Gasteiger partial charge in [-0.05, 0) is 11.8 Å². The fourth-order valence-electron chi connectivity index (χ4n) is 1.62. The Balaban J connectivity index is 2.86. The molecule has 10 heteroatoms. The first-order valence-corrected chi connectivity index (χ1v) is 7.37. The highest BCUT2D eigenvalue weighted by Crippen LogP contribution is 2.38. The summed E-state index contributed by atoms with van der Waals surface area (Å²) in [5.74, 6) is 0.586. The molecule has 0 aliphatic heterocycles. The predicted octanol–water partition coefficient (Wildman–Crippen LogP) is 3.70. The lowest BCUT2D eigenvalue weighted by Crippen LogP contribution is -2.11. The van der Waals surface area contributed by atoms with E-state index < -0.39 is 27.9 Å². The fraction of sp³-hybridized carbons (Fsp3) is 0.273. The second kappa shape index (κ2) is 5.60. The van der Waals surface area contributed by atoms with Crippen LogP contribution < -0.4 is 5.56 Å². The summed E-state index contributed by atoms with van der Waals surface area (Å²) >= 11 is 2.04. The van der Waals surface area contributed by atoms with E-state index in [0.29, 0.717) is 17.9 Å². The zero-order valence-corrected chi connectivity index (χ0v) is 12.1. The van der Waals surface area contributed by atoms with E-state index in [-0.39, 0.29) is 14.4 Å². The maximum absolute atomic E-state index is 12.7. The molecule has 2 aromatic rings. The van der Waals surface area contributed by atoms with Crippen molar-refractivity contribution in [3.8, 4) is 0 Å². The van der Waals surface area contributed by atoms with Crippen LogP contribution in [0.2, 0.25) is 0 Å². The van der Waals surface area contributed by atoms with Crippen LogP contribution in [0.3, 0.4) is 0 Å². The Morgan fingerprint density at radius 3 is 2.62 bits per heavy atom. The van der Waals surface area contributed by atoms with Gasteiger partial charge < -0.3 is 0 Å². The quantitative estimate of drug-likeness (QED) is 0.485. The first-order valence-electron chi connectivity index (χ1n) is 5.57. The van der Waals surface area contributed by atoms with Crippen LogP contribution in [0.1, 0.15) is 12.5 Å². The van der Waals surface area contributed by atoms with Gasteiger partial charge in [0.15, 0.2) is 4.34 Å². The first-order chi connectivity index (χ1) is 9.74. The Morgan fingerprint density at radius 2 is 2.10 bits per heavy atom. The molecule has 2 rings (SSSR count). The van der Waals surface area contributed by atoms with Crippen molar-refractivity contribution in [2.45, 2.75) is 17.4 Å². The van der Waals surface area contributed by atoms with Crippen LogP contribution in [-0.4, -0.2) is 15.7 Å². The fourth-order valence-corrected chi connectivity index (χ4v) is 3.65. The van der Waals surface area contributed by atoms with Gasteiger partial charge in [-0.15, -0.1) is 11.3 Å². The van der Waals surface area contributed by atoms with Gasteiger partial charge in [0.05, 0.1) is 15.9 Å². The van der Waals surface area contributed by atoms with Gasteiger partial charge in [0.2, 0.25) is 0 Å². The summed E-state index contributed by atoms with van der Waals surface area (Å²) in [5, 5.41) is 10.6. The van der Waals surface area contributed by atoms with Crippen molar-refractivity contribution in [3.05, 3.63) is 38.2 Å². The molecule has 0 saturated carbocycles. The molecule has 1 aromatic heterocycles. The molecule has 0 fully saturated rings. The van der Waals surface area contributed by atoms with E-state index in [0.717, 1.165) is 11.3 Å². The molecule has 0 aliphatic carbocycles. The second-order valence-electron chi connectivity index (χ2n) is 3.84. The molecule has 21 heavy (non-hydrogen) atoms. The third kappa shape index (κ3) is 3.16. The normalized spacial score (nSPS) is 11.8. The van der Waals surface area contributed by atoms with E-state index in [1.165, 1.54) is 11.8 Å². The average molecular weight is 336 g/mol. The van der Waals surface area contributed by atoms with Crippen molar-refractivity contribution in [1.29, 1.82) is 0 Å². The summed E-state index contributed by atoms with van der Waals surface area (Å²) < 4.78 is 38.4. The van der Waals surface area contributed by atoms with Crippen LogP contribution in [0.15, 0.2) is 21.3 Å². The standard InChI is InChI=1S/C11H7F3N2O3S2/c1-2-20-10-15-9(17)6-3-5(11(12,13)14)4-7(16(18)19)8(6)21-10/h3-4H,2H2,1H3. The molecule has 0 aliphatic rings. The molecular weight excluding hydrogens is 329 g/mol. The van der Waals surface area contributed by atoms with Gasteiger partial charge in [-0.1, -0.05) is 18.7 Å². The van der Waals surface area contributed by atoms with Gasteiger partial charge in [-0.25, -0.2) is 0 Å². The third-order valence-corrected chi connectivity index (χ3v) is 4.60. The van der Waals surface area contributed by atoms with E-state index in [1.54, 1.807) is 6.92 Å². The lowest BCUT2D eigenvalue weighted by atomic mass is 10.1. The molecule has 0 unspecified atom stereocenters. The van der Waals surface area contributed by atoms with Crippen molar-refractivity contribution >= 4 is 38.9 Å². The SMILES string of the molecule is CCSc1nc(=O)c2cc(C(F)(F)F)cc([N+](=O)[O-])c2s1. The lowest BCUT2D eigenvalue weighted by molar-refractivity contribution is -0.383. The minimum atomic E-state index is -4.77. The maximum Gasteiger partial charge on any atom is 0.416 e. The molecular formula is C11H7F3N2O3S2. The number of aromatic nitrogens is 1. The van der Waals surface area contributed by atoms with E-state index >= 15 is 0 Å². The van der Waals surface area contributed by atoms with Crippen molar-refractivity contribution in [2.24, 2.45) is 0 Å². The number of hydrogen-bond acceptors (Lipinski definition) is 6. The summed E-state index contributed by atoms with van der Waals surface area (Å²) in [5.41, 5.74) is -2.86. The highest BCUT2D eigenvalue weighted by atomic mass is 32.2.